The molecule has 1 aromatic rings. The Morgan fingerprint density at radius 1 is 1.55 bits per heavy atom. The van der Waals surface area contributed by atoms with Gasteiger partial charge in [-0.3, -0.25) is 10.1 Å². The van der Waals surface area contributed by atoms with Gasteiger partial charge >= 0.3 is 0 Å². The maximum absolute atomic E-state index is 10.8. The molecule has 6 nitrogen and oxygen atoms in total. The van der Waals surface area contributed by atoms with E-state index in [9.17, 15) is 15.2 Å². The Bertz CT molecular complexity index is 516. The van der Waals surface area contributed by atoms with Crippen LogP contribution >= 0.6 is 0 Å². The first kappa shape index (κ1) is 14.7. The fourth-order valence-corrected chi connectivity index (χ4v) is 2.50. The van der Waals surface area contributed by atoms with Crippen LogP contribution in [0.5, 0.6) is 5.75 Å². The minimum atomic E-state index is -0.417. The number of rotatable bonds is 5. The van der Waals surface area contributed by atoms with Crippen molar-refractivity contribution in [3.05, 3.63) is 33.9 Å². The summed E-state index contributed by atoms with van der Waals surface area (Å²) in [6, 6.07) is 4.75. The average Bonchev–Trinajstić information content (AvgIpc) is 2.42. The van der Waals surface area contributed by atoms with Crippen molar-refractivity contribution in [2.45, 2.75) is 39.0 Å². The largest absolute Gasteiger partial charge is 0.496 e. The molecular weight excluding hydrogens is 260 g/mol. The number of hydrogen-bond donors (Lipinski definition) is 2. The number of nitrogens with one attached hydrogen (secondary N) is 1. The van der Waals surface area contributed by atoms with Gasteiger partial charge in [0.05, 0.1) is 18.1 Å². The standard InChI is InChI=1S/C14H20N2O4/c1-14(2)12(7-13(14)17)15-8-9-6-10(16(18)19)4-5-11(9)20-3/h4-6,12-13,15,17H,7-8H2,1-3H3. The number of aliphatic hydroxyl groups is 1. The zero-order valence-corrected chi connectivity index (χ0v) is 11.9. The molecule has 1 aliphatic carbocycles. The molecule has 2 rings (SSSR count). The Balaban J connectivity index is 2.09. The van der Waals surface area contributed by atoms with Crippen molar-refractivity contribution in [1.29, 1.82) is 0 Å². The number of nitro groups is 1. The van der Waals surface area contributed by atoms with E-state index >= 15 is 0 Å². The number of ether oxygens (including phenoxy) is 1. The van der Waals surface area contributed by atoms with Gasteiger partial charge in [-0.1, -0.05) is 13.8 Å². The number of hydrogen-bond acceptors (Lipinski definition) is 5. The molecule has 1 aromatic carbocycles. The van der Waals surface area contributed by atoms with Crippen molar-refractivity contribution in [1.82, 2.24) is 5.32 Å². The third kappa shape index (κ3) is 2.62. The predicted molar refractivity (Wildman–Crippen MR) is 74.7 cm³/mol. The van der Waals surface area contributed by atoms with Gasteiger partial charge in [0.2, 0.25) is 0 Å². The average molecular weight is 280 g/mol. The zero-order chi connectivity index (χ0) is 14.9. The molecule has 2 N–H and O–H groups in total. The molecule has 20 heavy (non-hydrogen) atoms. The van der Waals surface area contributed by atoms with E-state index in [0.29, 0.717) is 18.7 Å². The zero-order valence-electron chi connectivity index (χ0n) is 11.9. The molecule has 0 heterocycles. The number of nitro benzene ring substituents is 1. The summed E-state index contributed by atoms with van der Waals surface area (Å²) in [6.45, 7) is 4.48. The smallest absolute Gasteiger partial charge is 0.270 e. The van der Waals surface area contributed by atoms with Crippen molar-refractivity contribution in [2.75, 3.05) is 7.11 Å². The lowest BCUT2D eigenvalue weighted by Crippen LogP contribution is -2.59. The second-order valence-electron chi connectivity index (χ2n) is 5.76. The Morgan fingerprint density at radius 2 is 2.25 bits per heavy atom. The molecule has 6 heteroatoms. The summed E-state index contributed by atoms with van der Waals surface area (Å²) in [4.78, 5) is 10.4. The van der Waals surface area contributed by atoms with E-state index in [1.807, 2.05) is 13.8 Å². The molecule has 0 aliphatic heterocycles. The molecule has 0 saturated heterocycles. The Hall–Kier alpha value is -1.66. The molecule has 2 atom stereocenters. The maximum Gasteiger partial charge on any atom is 0.270 e. The lowest BCUT2D eigenvalue weighted by molar-refractivity contribution is -0.384. The van der Waals surface area contributed by atoms with Crippen LogP contribution in [0.15, 0.2) is 18.2 Å². The highest BCUT2D eigenvalue weighted by atomic mass is 16.6. The van der Waals surface area contributed by atoms with Crippen LogP contribution in [0.3, 0.4) is 0 Å². The molecule has 110 valence electrons. The summed E-state index contributed by atoms with van der Waals surface area (Å²) in [5.41, 5.74) is 0.628. The van der Waals surface area contributed by atoms with E-state index in [0.717, 1.165) is 5.56 Å². The lowest BCUT2D eigenvalue weighted by Gasteiger charge is -2.49. The third-order valence-electron chi connectivity index (χ3n) is 4.23. The monoisotopic (exact) mass is 280 g/mol. The van der Waals surface area contributed by atoms with Gasteiger partial charge in [-0.2, -0.15) is 0 Å². The lowest BCUT2D eigenvalue weighted by atomic mass is 9.64. The minimum absolute atomic E-state index is 0.0514. The second kappa shape index (κ2) is 5.38. The van der Waals surface area contributed by atoms with E-state index in [1.54, 1.807) is 13.2 Å². The molecule has 0 aromatic heterocycles. The molecule has 1 saturated carbocycles. The van der Waals surface area contributed by atoms with Gasteiger partial charge in [-0.15, -0.1) is 0 Å². The Kier molecular flexibility index (Phi) is 3.96. The Labute approximate surface area is 117 Å². The summed E-state index contributed by atoms with van der Waals surface area (Å²) in [6.07, 6.45) is 0.400. The Morgan fingerprint density at radius 3 is 2.75 bits per heavy atom. The van der Waals surface area contributed by atoms with E-state index < -0.39 is 4.92 Å². The van der Waals surface area contributed by atoms with Crippen LogP contribution in [0.1, 0.15) is 25.8 Å². The van der Waals surface area contributed by atoms with Gasteiger partial charge in [0.25, 0.3) is 5.69 Å². The van der Waals surface area contributed by atoms with E-state index in [1.165, 1.54) is 12.1 Å². The number of benzene rings is 1. The topological polar surface area (TPSA) is 84.6 Å². The van der Waals surface area contributed by atoms with Gasteiger partial charge in [-0.05, 0) is 12.5 Å². The molecule has 0 spiro atoms. The first-order valence-corrected chi connectivity index (χ1v) is 6.59. The normalized spacial score (nSPS) is 24.0. The van der Waals surface area contributed by atoms with Crippen LogP contribution < -0.4 is 10.1 Å². The molecule has 1 fully saturated rings. The summed E-state index contributed by atoms with van der Waals surface area (Å²) >= 11 is 0. The summed E-state index contributed by atoms with van der Waals surface area (Å²) in [5, 5.41) is 23.9. The molecule has 0 amide bonds. The fourth-order valence-electron chi connectivity index (χ4n) is 2.50. The number of aliphatic hydroxyl groups excluding tert-OH is 1. The van der Waals surface area contributed by atoms with E-state index in [-0.39, 0.29) is 23.2 Å². The van der Waals surface area contributed by atoms with E-state index in [2.05, 4.69) is 5.32 Å². The van der Waals surface area contributed by atoms with Gasteiger partial charge in [0, 0.05) is 35.7 Å². The first-order chi connectivity index (χ1) is 9.36. The van der Waals surface area contributed by atoms with Gasteiger partial charge in [0.1, 0.15) is 5.75 Å². The first-order valence-electron chi connectivity index (χ1n) is 6.59. The van der Waals surface area contributed by atoms with Gasteiger partial charge in [0.15, 0.2) is 0 Å². The summed E-state index contributed by atoms with van der Waals surface area (Å²) < 4.78 is 5.23. The highest BCUT2D eigenvalue weighted by Gasteiger charge is 2.46. The molecule has 1 aliphatic rings. The van der Waals surface area contributed by atoms with Gasteiger partial charge < -0.3 is 15.2 Å². The molecule has 2 unspecified atom stereocenters. The number of non-ortho nitro benzene ring substituents is 1. The number of methoxy groups -OCH3 is 1. The minimum Gasteiger partial charge on any atom is -0.496 e. The van der Waals surface area contributed by atoms with Crippen molar-refractivity contribution in [2.24, 2.45) is 5.41 Å². The second-order valence-corrected chi connectivity index (χ2v) is 5.76. The maximum atomic E-state index is 10.8. The number of nitrogens with zero attached hydrogens (tertiary/aromatic N) is 1. The summed E-state index contributed by atoms with van der Waals surface area (Å²) in [7, 11) is 1.54. The quantitative estimate of drug-likeness (QED) is 0.635. The van der Waals surface area contributed by atoms with Crippen LogP contribution in [0.2, 0.25) is 0 Å². The highest BCUT2D eigenvalue weighted by Crippen LogP contribution is 2.40. The molecule has 0 radical (unpaired) electrons. The fraction of sp³-hybridized carbons (Fsp3) is 0.571. The van der Waals surface area contributed by atoms with Gasteiger partial charge in [-0.25, -0.2) is 0 Å². The third-order valence-corrected chi connectivity index (χ3v) is 4.23. The predicted octanol–water partition coefficient (Wildman–Crippen LogP) is 1.85. The van der Waals surface area contributed by atoms with E-state index in [4.69, 9.17) is 4.74 Å². The molecule has 0 bridgehead atoms. The van der Waals surface area contributed by atoms with Crippen molar-refractivity contribution >= 4 is 5.69 Å². The highest BCUT2D eigenvalue weighted by molar-refractivity contribution is 5.43. The van der Waals surface area contributed by atoms with Crippen LogP contribution in [0.4, 0.5) is 5.69 Å². The van der Waals surface area contributed by atoms with Crippen LogP contribution in [0.25, 0.3) is 0 Å². The molecular formula is C14H20N2O4. The van der Waals surface area contributed by atoms with Crippen LogP contribution in [-0.4, -0.2) is 29.3 Å². The SMILES string of the molecule is COc1ccc([N+](=O)[O-])cc1CNC1CC(O)C1(C)C. The van der Waals surface area contributed by atoms with Crippen molar-refractivity contribution in [3.63, 3.8) is 0 Å². The van der Waals surface area contributed by atoms with Crippen molar-refractivity contribution < 1.29 is 14.8 Å². The van der Waals surface area contributed by atoms with Crippen molar-refractivity contribution in [3.8, 4) is 5.75 Å². The van der Waals surface area contributed by atoms with Crippen LogP contribution in [0, 0.1) is 15.5 Å². The van der Waals surface area contributed by atoms with Crippen LogP contribution in [-0.2, 0) is 6.54 Å². The summed E-state index contributed by atoms with van der Waals surface area (Å²) in [5.74, 6) is 0.626.